The van der Waals surface area contributed by atoms with Gasteiger partial charge in [0.1, 0.15) is 0 Å². The minimum Gasteiger partial charge on any atom is -0.394 e. The topological polar surface area (TPSA) is 69.6 Å². The van der Waals surface area contributed by atoms with Gasteiger partial charge in [0, 0.05) is 6.42 Å². The fraction of sp³-hybridized carbons (Fsp3) is 0.675. The monoisotopic (exact) mass is 612 g/mol. The van der Waals surface area contributed by atoms with Crippen LogP contribution in [-0.2, 0) is 4.79 Å². The van der Waals surface area contributed by atoms with Crippen LogP contribution in [-0.4, -0.2) is 34.9 Å². The van der Waals surface area contributed by atoms with Crippen molar-refractivity contribution >= 4 is 5.91 Å². The number of carbonyl (C=O) groups is 1. The van der Waals surface area contributed by atoms with Crippen LogP contribution in [0.1, 0.15) is 155 Å². The van der Waals surface area contributed by atoms with Crippen LogP contribution in [0.4, 0.5) is 0 Å². The summed E-state index contributed by atoms with van der Waals surface area (Å²) in [6.45, 7) is 4.14. The van der Waals surface area contributed by atoms with E-state index in [2.05, 4.69) is 79.9 Å². The molecule has 0 saturated carbocycles. The van der Waals surface area contributed by atoms with Crippen molar-refractivity contribution in [1.82, 2.24) is 5.32 Å². The average Bonchev–Trinajstić information content (AvgIpc) is 3.03. The molecule has 3 N–H and O–H groups in total. The third-order valence-electron chi connectivity index (χ3n) is 7.67. The van der Waals surface area contributed by atoms with E-state index in [0.717, 1.165) is 64.2 Å². The molecular weight excluding hydrogens is 542 g/mol. The molecule has 0 radical (unpaired) electrons. The maximum Gasteiger partial charge on any atom is 0.220 e. The van der Waals surface area contributed by atoms with E-state index in [4.69, 9.17) is 0 Å². The first-order valence-corrected chi connectivity index (χ1v) is 18.2. The Morgan fingerprint density at radius 3 is 1.59 bits per heavy atom. The van der Waals surface area contributed by atoms with Gasteiger partial charge in [0.2, 0.25) is 5.91 Å². The van der Waals surface area contributed by atoms with Gasteiger partial charge in [-0.3, -0.25) is 4.79 Å². The lowest BCUT2D eigenvalue weighted by molar-refractivity contribution is -0.123. The van der Waals surface area contributed by atoms with Gasteiger partial charge in [-0.2, -0.15) is 0 Å². The molecule has 0 aliphatic heterocycles. The van der Waals surface area contributed by atoms with Gasteiger partial charge >= 0.3 is 0 Å². The first-order chi connectivity index (χ1) is 21.7. The molecule has 0 aromatic heterocycles. The second-order valence-electron chi connectivity index (χ2n) is 11.9. The number of aliphatic hydroxyl groups is 2. The number of nitrogens with one attached hydrogen (secondary N) is 1. The first kappa shape index (κ1) is 41.8. The molecule has 4 nitrogen and oxygen atoms in total. The summed E-state index contributed by atoms with van der Waals surface area (Å²) in [5, 5.41) is 22.8. The highest BCUT2D eigenvalue weighted by atomic mass is 16.3. The Balaban J connectivity index is 3.79. The Morgan fingerprint density at radius 2 is 1.02 bits per heavy atom. The predicted octanol–water partition coefficient (Wildman–Crippen LogP) is 10.8. The molecule has 0 aromatic rings. The molecule has 44 heavy (non-hydrogen) atoms. The van der Waals surface area contributed by atoms with Crippen LogP contribution < -0.4 is 5.32 Å². The van der Waals surface area contributed by atoms with Gasteiger partial charge in [0.15, 0.2) is 0 Å². The number of carbonyl (C=O) groups excluding carboxylic acids is 1. The Kier molecular flexibility index (Phi) is 33.6. The summed E-state index contributed by atoms with van der Waals surface area (Å²) in [5.74, 6) is -0.119. The van der Waals surface area contributed by atoms with Crippen molar-refractivity contribution in [3.63, 3.8) is 0 Å². The largest absolute Gasteiger partial charge is 0.394 e. The van der Waals surface area contributed by atoms with Crippen LogP contribution >= 0.6 is 0 Å². The molecule has 0 heterocycles. The molecule has 0 spiro atoms. The van der Waals surface area contributed by atoms with Gasteiger partial charge in [-0.15, -0.1) is 0 Å². The van der Waals surface area contributed by atoms with Crippen molar-refractivity contribution in [1.29, 1.82) is 0 Å². The standard InChI is InChI=1S/C40H69NO3/c1-3-5-7-9-11-13-15-17-19-20-22-23-25-27-29-31-33-35-39(43)38(37-42)41-40(44)36-34-32-30-28-26-24-21-18-16-14-12-10-8-6-4-2/h6,8,12,14,18,21,25-28,33,35,38-39,42-43H,3-5,7,9-11,13,15-17,19-20,22-24,29-32,34,36-37H2,1-2H3,(H,41,44)/b8-6-,14-12-,21-18-,27-25+,28-26-,35-33+. The molecule has 4 heteroatoms. The minimum absolute atomic E-state index is 0.119. The molecule has 252 valence electrons. The van der Waals surface area contributed by atoms with Gasteiger partial charge < -0.3 is 15.5 Å². The third kappa shape index (κ3) is 31.3. The Morgan fingerprint density at radius 1 is 0.568 bits per heavy atom. The van der Waals surface area contributed by atoms with E-state index in [9.17, 15) is 15.0 Å². The highest BCUT2D eigenvalue weighted by molar-refractivity contribution is 5.76. The summed E-state index contributed by atoms with van der Waals surface area (Å²) in [6, 6.07) is -0.662. The summed E-state index contributed by atoms with van der Waals surface area (Å²) in [7, 11) is 0. The average molecular weight is 612 g/mol. The summed E-state index contributed by atoms with van der Waals surface area (Å²) in [5.41, 5.74) is 0. The number of amides is 1. The predicted molar refractivity (Wildman–Crippen MR) is 193 cm³/mol. The van der Waals surface area contributed by atoms with Gasteiger partial charge in [-0.05, 0) is 70.6 Å². The van der Waals surface area contributed by atoms with Crippen LogP contribution in [0.25, 0.3) is 0 Å². The number of hydrogen-bond acceptors (Lipinski definition) is 3. The molecule has 0 aliphatic carbocycles. The fourth-order valence-corrected chi connectivity index (χ4v) is 4.89. The smallest absolute Gasteiger partial charge is 0.220 e. The zero-order chi connectivity index (χ0) is 32.2. The lowest BCUT2D eigenvalue weighted by atomic mass is 10.1. The van der Waals surface area contributed by atoms with E-state index < -0.39 is 12.1 Å². The van der Waals surface area contributed by atoms with Crippen LogP contribution in [0.2, 0.25) is 0 Å². The number of unbranched alkanes of at least 4 members (excludes halogenated alkanes) is 14. The van der Waals surface area contributed by atoms with Crippen LogP contribution in [0, 0.1) is 0 Å². The van der Waals surface area contributed by atoms with Crippen LogP contribution in [0.15, 0.2) is 72.9 Å². The van der Waals surface area contributed by atoms with Gasteiger partial charge in [-0.25, -0.2) is 0 Å². The summed E-state index contributed by atoms with van der Waals surface area (Å²) >= 11 is 0. The lowest BCUT2D eigenvalue weighted by Gasteiger charge is -2.19. The van der Waals surface area contributed by atoms with E-state index >= 15 is 0 Å². The maximum absolute atomic E-state index is 12.3. The molecule has 1 amide bonds. The van der Waals surface area contributed by atoms with E-state index in [1.54, 1.807) is 6.08 Å². The normalized spacial score (nSPS) is 14.0. The number of hydrogen-bond donors (Lipinski definition) is 3. The summed E-state index contributed by atoms with van der Waals surface area (Å²) < 4.78 is 0. The molecule has 0 saturated heterocycles. The number of rotatable bonds is 31. The highest BCUT2D eigenvalue weighted by Crippen LogP contribution is 2.12. The van der Waals surface area contributed by atoms with Crippen LogP contribution in [0.5, 0.6) is 0 Å². The Hall–Kier alpha value is -2.17. The van der Waals surface area contributed by atoms with E-state index in [1.165, 1.54) is 70.6 Å². The first-order valence-electron chi connectivity index (χ1n) is 18.2. The maximum atomic E-state index is 12.3. The molecule has 0 aromatic carbocycles. The van der Waals surface area contributed by atoms with Crippen LogP contribution in [0.3, 0.4) is 0 Å². The van der Waals surface area contributed by atoms with Crippen molar-refractivity contribution < 1.29 is 15.0 Å². The molecule has 2 atom stereocenters. The summed E-state index contributed by atoms with van der Waals surface area (Å²) in [6.07, 6.45) is 49.9. The lowest BCUT2D eigenvalue weighted by Crippen LogP contribution is -2.45. The third-order valence-corrected chi connectivity index (χ3v) is 7.67. The second kappa shape index (κ2) is 35.3. The van der Waals surface area contributed by atoms with Crippen molar-refractivity contribution in [2.45, 2.75) is 167 Å². The Bertz CT molecular complexity index is 792. The van der Waals surface area contributed by atoms with Crippen molar-refractivity contribution in [3.05, 3.63) is 72.9 Å². The number of aliphatic hydroxyl groups excluding tert-OH is 2. The molecule has 0 bridgehead atoms. The van der Waals surface area contributed by atoms with Gasteiger partial charge in [0.25, 0.3) is 0 Å². The SMILES string of the molecule is CC/C=C\C/C=C\C/C=C\C/C=C\CCCCC(=O)NC(CO)C(O)/C=C/CC/C=C/CCCCCCCCCCCCC. The van der Waals surface area contributed by atoms with Crippen molar-refractivity contribution in [3.8, 4) is 0 Å². The second-order valence-corrected chi connectivity index (χ2v) is 11.9. The fourth-order valence-electron chi connectivity index (χ4n) is 4.89. The minimum atomic E-state index is -0.881. The molecular formula is C40H69NO3. The summed E-state index contributed by atoms with van der Waals surface area (Å²) in [4.78, 5) is 12.3. The Labute approximate surface area is 272 Å². The quantitative estimate of drug-likeness (QED) is 0.0539. The highest BCUT2D eigenvalue weighted by Gasteiger charge is 2.17. The van der Waals surface area contributed by atoms with E-state index in [1.807, 2.05) is 6.08 Å². The molecule has 0 rings (SSSR count). The van der Waals surface area contributed by atoms with E-state index in [-0.39, 0.29) is 12.5 Å². The van der Waals surface area contributed by atoms with Gasteiger partial charge in [0.05, 0.1) is 18.8 Å². The molecule has 0 aliphatic rings. The molecule has 2 unspecified atom stereocenters. The number of allylic oxidation sites excluding steroid dienone is 11. The zero-order valence-electron chi connectivity index (χ0n) is 28.6. The van der Waals surface area contributed by atoms with E-state index in [0.29, 0.717) is 6.42 Å². The van der Waals surface area contributed by atoms with Crippen molar-refractivity contribution in [2.24, 2.45) is 0 Å². The zero-order valence-corrected chi connectivity index (χ0v) is 28.6. The molecule has 0 fully saturated rings. The van der Waals surface area contributed by atoms with Gasteiger partial charge in [-0.1, -0.05) is 151 Å². The van der Waals surface area contributed by atoms with Crippen molar-refractivity contribution in [2.75, 3.05) is 6.61 Å².